The Labute approximate surface area is 172 Å². The van der Waals surface area contributed by atoms with Crippen LogP contribution >= 0.6 is 15.9 Å². The summed E-state index contributed by atoms with van der Waals surface area (Å²) < 4.78 is 6.48. The van der Waals surface area contributed by atoms with Crippen LogP contribution in [0.2, 0.25) is 0 Å². The molecule has 0 aliphatic carbocycles. The maximum atomic E-state index is 12.6. The molecule has 0 bridgehead atoms. The van der Waals surface area contributed by atoms with E-state index in [0.29, 0.717) is 24.4 Å². The third kappa shape index (κ3) is 4.62. The number of nitrogens with zero attached hydrogens (tertiary/aromatic N) is 1. The van der Waals surface area contributed by atoms with Crippen molar-refractivity contribution >= 4 is 33.4 Å². The number of carbonyl (C=O) groups excluding carboxylic acids is 1. The molecular formula is C22H22BrNO4. The number of carboxylic acids is 1. The van der Waals surface area contributed by atoms with Crippen LogP contribution in [0.5, 0.6) is 5.75 Å². The lowest BCUT2D eigenvalue weighted by molar-refractivity contribution is -0.152. The second-order valence-electron chi connectivity index (χ2n) is 7.18. The summed E-state index contributed by atoms with van der Waals surface area (Å²) >= 11 is 3.38. The van der Waals surface area contributed by atoms with Crippen molar-refractivity contribution in [2.45, 2.75) is 25.9 Å². The van der Waals surface area contributed by atoms with Crippen molar-refractivity contribution in [2.75, 3.05) is 13.1 Å². The molecule has 146 valence electrons. The maximum Gasteiger partial charge on any atom is 0.347 e. The van der Waals surface area contributed by atoms with Gasteiger partial charge in [0.2, 0.25) is 0 Å². The van der Waals surface area contributed by atoms with Crippen molar-refractivity contribution in [3.05, 3.63) is 70.2 Å². The van der Waals surface area contributed by atoms with Gasteiger partial charge in [0.15, 0.2) is 5.60 Å². The van der Waals surface area contributed by atoms with Gasteiger partial charge in [0.1, 0.15) is 5.75 Å². The van der Waals surface area contributed by atoms with Crippen LogP contribution in [0.4, 0.5) is 0 Å². The molecule has 0 aromatic heterocycles. The van der Waals surface area contributed by atoms with Gasteiger partial charge in [-0.1, -0.05) is 34.1 Å². The zero-order valence-electron chi connectivity index (χ0n) is 15.8. The zero-order valence-corrected chi connectivity index (χ0v) is 17.4. The van der Waals surface area contributed by atoms with Crippen molar-refractivity contribution in [1.82, 2.24) is 4.90 Å². The Bertz CT molecular complexity index is 901. The molecule has 0 unspecified atom stereocenters. The lowest BCUT2D eigenvalue weighted by Crippen LogP contribution is -2.37. The Morgan fingerprint density at radius 2 is 1.71 bits per heavy atom. The molecule has 0 saturated heterocycles. The minimum Gasteiger partial charge on any atom is -0.478 e. The van der Waals surface area contributed by atoms with Crippen LogP contribution in [-0.2, 0) is 4.79 Å². The van der Waals surface area contributed by atoms with Gasteiger partial charge < -0.3 is 14.7 Å². The molecule has 0 fully saturated rings. The molecule has 6 heteroatoms. The number of carboxylic acid groups (broad SMARTS) is 1. The van der Waals surface area contributed by atoms with E-state index in [1.807, 2.05) is 41.3 Å². The van der Waals surface area contributed by atoms with E-state index < -0.39 is 11.6 Å². The maximum absolute atomic E-state index is 12.6. The third-order valence-electron chi connectivity index (χ3n) is 4.70. The molecule has 1 amide bonds. The SMILES string of the molecule is CC(C)(Oc1ccc(C2=CCN(C(=O)c3ccc(Br)cc3)CC2)cc1)C(=O)O. The van der Waals surface area contributed by atoms with Gasteiger partial charge in [0.05, 0.1) is 0 Å². The third-order valence-corrected chi connectivity index (χ3v) is 5.23. The van der Waals surface area contributed by atoms with E-state index in [1.54, 1.807) is 12.1 Å². The standard InChI is InChI=1S/C22H22BrNO4/c1-22(2,21(26)27)28-19-9-5-15(6-10-19)16-11-13-24(14-12-16)20(25)17-3-7-18(23)8-4-17/h3-11H,12-14H2,1-2H3,(H,26,27). The van der Waals surface area contributed by atoms with E-state index in [9.17, 15) is 9.59 Å². The molecule has 1 N–H and O–H groups in total. The smallest absolute Gasteiger partial charge is 0.347 e. The van der Waals surface area contributed by atoms with Gasteiger partial charge in [-0.2, -0.15) is 0 Å². The topological polar surface area (TPSA) is 66.8 Å². The van der Waals surface area contributed by atoms with Crippen molar-refractivity contribution < 1.29 is 19.4 Å². The number of ether oxygens (including phenoxy) is 1. The number of benzene rings is 2. The monoisotopic (exact) mass is 443 g/mol. The first-order valence-electron chi connectivity index (χ1n) is 9.03. The van der Waals surface area contributed by atoms with E-state index in [0.717, 1.165) is 16.5 Å². The van der Waals surface area contributed by atoms with Crippen LogP contribution in [-0.4, -0.2) is 40.6 Å². The van der Waals surface area contributed by atoms with Crippen LogP contribution in [0.25, 0.3) is 5.57 Å². The van der Waals surface area contributed by atoms with Crippen LogP contribution in [0.3, 0.4) is 0 Å². The van der Waals surface area contributed by atoms with E-state index in [1.165, 1.54) is 19.4 Å². The quantitative estimate of drug-likeness (QED) is 0.731. The number of carbonyl (C=O) groups is 2. The molecule has 0 spiro atoms. The van der Waals surface area contributed by atoms with Crippen LogP contribution in [0, 0.1) is 0 Å². The number of hydrogen-bond acceptors (Lipinski definition) is 3. The minimum atomic E-state index is -1.28. The second-order valence-corrected chi connectivity index (χ2v) is 8.10. The van der Waals surface area contributed by atoms with Gasteiger partial charge in [0.25, 0.3) is 5.91 Å². The minimum absolute atomic E-state index is 0.0300. The molecule has 2 aromatic rings. The number of rotatable bonds is 5. The predicted octanol–water partition coefficient (Wildman–Crippen LogP) is 4.62. The average molecular weight is 444 g/mol. The number of amides is 1. The number of halogens is 1. The summed E-state index contributed by atoms with van der Waals surface area (Å²) in [6, 6.07) is 14.8. The van der Waals surface area contributed by atoms with E-state index >= 15 is 0 Å². The molecule has 2 aromatic carbocycles. The van der Waals surface area contributed by atoms with Gasteiger partial charge in [-0.3, -0.25) is 4.79 Å². The summed E-state index contributed by atoms with van der Waals surface area (Å²) in [5.41, 5.74) is 1.63. The predicted molar refractivity (Wildman–Crippen MR) is 111 cm³/mol. The van der Waals surface area contributed by atoms with Crippen LogP contribution < -0.4 is 4.74 Å². The Morgan fingerprint density at radius 1 is 1.07 bits per heavy atom. The van der Waals surface area contributed by atoms with Gasteiger partial charge >= 0.3 is 5.97 Å². The largest absolute Gasteiger partial charge is 0.478 e. The summed E-state index contributed by atoms with van der Waals surface area (Å²) in [7, 11) is 0. The second kappa shape index (κ2) is 8.19. The van der Waals surface area contributed by atoms with Crippen LogP contribution in [0.1, 0.15) is 36.2 Å². The van der Waals surface area contributed by atoms with E-state index in [4.69, 9.17) is 9.84 Å². The lowest BCUT2D eigenvalue weighted by Gasteiger charge is -2.27. The fourth-order valence-corrected chi connectivity index (χ4v) is 3.23. The molecule has 0 saturated carbocycles. The number of hydrogen-bond donors (Lipinski definition) is 1. The highest BCUT2D eigenvalue weighted by atomic mass is 79.9. The molecule has 28 heavy (non-hydrogen) atoms. The van der Waals surface area contributed by atoms with Crippen molar-refractivity contribution in [3.63, 3.8) is 0 Å². The average Bonchev–Trinajstić information content (AvgIpc) is 2.68. The molecule has 0 atom stereocenters. The van der Waals surface area contributed by atoms with Crippen LogP contribution in [0.15, 0.2) is 59.1 Å². The first kappa shape index (κ1) is 20.1. The molecule has 1 heterocycles. The first-order valence-corrected chi connectivity index (χ1v) is 9.82. The van der Waals surface area contributed by atoms with Gasteiger partial charge in [0, 0.05) is 23.1 Å². The van der Waals surface area contributed by atoms with Crippen molar-refractivity contribution in [1.29, 1.82) is 0 Å². The van der Waals surface area contributed by atoms with Gasteiger partial charge in [-0.05, 0) is 67.8 Å². The normalized spacial score (nSPS) is 14.4. The summed E-state index contributed by atoms with van der Waals surface area (Å²) in [6.45, 7) is 4.26. The molecule has 1 aliphatic rings. The molecular weight excluding hydrogens is 422 g/mol. The highest BCUT2D eigenvalue weighted by Gasteiger charge is 2.29. The van der Waals surface area contributed by atoms with Gasteiger partial charge in [-0.15, -0.1) is 0 Å². The summed E-state index contributed by atoms with van der Waals surface area (Å²) in [5, 5.41) is 9.16. The fourth-order valence-electron chi connectivity index (χ4n) is 2.97. The van der Waals surface area contributed by atoms with Crippen molar-refractivity contribution in [3.8, 4) is 5.75 Å². The molecule has 3 rings (SSSR count). The Hall–Kier alpha value is -2.60. The fraction of sp³-hybridized carbons (Fsp3) is 0.273. The number of aliphatic carboxylic acids is 1. The Balaban J connectivity index is 1.65. The Morgan fingerprint density at radius 3 is 2.25 bits per heavy atom. The first-order chi connectivity index (χ1) is 13.3. The van der Waals surface area contributed by atoms with Crippen molar-refractivity contribution in [2.24, 2.45) is 0 Å². The highest BCUT2D eigenvalue weighted by molar-refractivity contribution is 9.10. The molecule has 1 aliphatic heterocycles. The van der Waals surface area contributed by atoms with E-state index in [-0.39, 0.29) is 5.91 Å². The van der Waals surface area contributed by atoms with Gasteiger partial charge in [-0.25, -0.2) is 4.79 Å². The lowest BCUT2D eigenvalue weighted by atomic mass is 9.99. The summed E-state index contributed by atoms with van der Waals surface area (Å²) in [5.74, 6) is -0.468. The molecule has 5 nitrogen and oxygen atoms in total. The summed E-state index contributed by atoms with van der Waals surface area (Å²) in [4.78, 5) is 25.6. The Kier molecular flexibility index (Phi) is 5.89. The zero-order chi connectivity index (χ0) is 20.3. The highest BCUT2D eigenvalue weighted by Crippen LogP contribution is 2.26. The molecule has 0 radical (unpaired) electrons. The van der Waals surface area contributed by atoms with E-state index in [2.05, 4.69) is 22.0 Å². The summed E-state index contributed by atoms with van der Waals surface area (Å²) in [6.07, 6.45) is 2.83.